The molecule has 3 atom stereocenters. The number of rotatable bonds is 9. The minimum absolute atomic E-state index is 0.00430. The van der Waals surface area contributed by atoms with Gasteiger partial charge in [0.05, 0.1) is 17.4 Å². The normalized spacial score (nSPS) is 17.7. The molecule has 1 aliphatic rings. The van der Waals surface area contributed by atoms with Crippen LogP contribution < -0.4 is 5.32 Å². The van der Waals surface area contributed by atoms with Crippen LogP contribution in [0.1, 0.15) is 60.8 Å². The number of carbonyl (C=O) groups is 1. The summed E-state index contributed by atoms with van der Waals surface area (Å²) in [5.74, 6) is -0.604. The van der Waals surface area contributed by atoms with Gasteiger partial charge in [0.15, 0.2) is 0 Å². The van der Waals surface area contributed by atoms with E-state index in [1.165, 1.54) is 30.3 Å². The first-order valence-electron chi connectivity index (χ1n) is 14.7. The number of aromatic nitrogens is 4. The van der Waals surface area contributed by atoms with Gasteiger partial charge in [0.1, 0.15) is 29.8 Å². The number of nitrogens with zero attached hydrogens (tertiary/aromatic N) is 5. The van der Waals surface area contributed by atoms with Gasteiger partial charge in [-0.15, -0.1) is 0 Å². The third-order valence-corrected chi connectivity index (χ3v) is 8.30. The first-order valence-corrected chi connectivity index (χ1v) is 15.1. The van der Waals surface area contributed by atoms with Crippen molar-refractivity contribution in [2.75, 3.05) is 19.8 Å². The van der Waals surface area contributed by atoms with Crippen molar-refractivity contribution < 1.29 is 18.0 Å². The predicted octanol–water partition coefficient (Wildman–Crippen LogP) is 6.75. The van der Waals surface area contributed by atoms with Crippen LogP contribution in [0.5, 0.6) is 0 Å². The average molecular weight is 627 g/mol. The van der Waals surface area contributed by atoms with Gasteiger partial charge < -0.3 is 14.8 Å². The standard InChI is InChI=1S/C33H38ClF3N6O/c1-20-11-29(41(5)40-20)32(44)43(18-22-13-25(15-35)38-16-22)30(33(2,3)4)31-39-28(26-14-23(34)9-10-27(26)37)19-42(31)17-21-7-6-8-24(36)12-21/h6-12,14,19,22,25,30,38H,13,15-18H2,1-5H3/t22-,25-,30-/m0/s1. The summed E-state index contributed by atoms with van der Waals surface area (Å²) in [5, 5.41) is 7.98. The second kappa shape index (κ2) is 12.8. The van der Waals surface area contributed by atoms with Gasteiger partial charge in [-0.25, -0.2) is 18.2 Å². The number of carbonyl (C=O) groups excluding carboxylic acids is 1. The highest BCUT2D eigenvalue weighted by Crippen LogP contribution is 2.41. The Morgan fingerprint density at radius 1 is 1.18 bits per heavy atom. The maximum absolute atomic E-state index is 15.1. The first-order chi connectivity index (χ1) is 20.8. The van der Waals surface area contributed by atoms with Gasteiger partial charge in [0.25, 0.3) is 5.91 Å². The smallest absolute Gasteiger partial charge is 0.272 e. The molecule has 1 amide bonds. The molecule has 5 rings (SSSR count). The third kappa shape index (κ3) is 6.86. The lowest BCUT2D eigenvalue weighted by Gasteiger charge is -2.41. The highest BCUT2D eigenvalue weighted by atomic mass is 35.5. The molecule has 1 N–H and O–H groups in total. The number of hydrogen-bond donors (Lipinski definition) is 1. The Morgan fingerprint density at radius 3 is 2.59 bits per heavy atom. The molecule has 0 spiro atoms. The number of imidazole rings is 1. The molecular weight excluding hydrogens is 589 g/mol. The maximum atomic E-state index is 15.1. The van der Waals surface area contributed by atoms with Crippen LogP contribution in [0.3, 0.4) is 0 Å². The van der Waals surface area contributed by atoms with Gasteiger partial charge in [0, 0.05) is 49.5 Å². The number of aryl methyl sites for hydroxylation is 2. The summed E-state index contributed by atoms with van der Waals surface area (Å²) >= 11 is 6.25. The maximum Gasteiger partial charge on any atom is 0.272 e. The molecule has 11 heteroatoms. The molecular formula is C33H38ClF3N6O. The fraction of sp³-hybridized carbons (Fsp3) is 0.424. The summed E-state index contributed by atoms with van der Waals surface area (Å²) in [4.78, 5) is 21.2. The van der Waals surface area contributed by atoms with E-state index in [2.05, 4.69) is 10.4 Å². The van der Waals surface area contributed by atoms with E-state index >= 15 is 4.39 Å². The Kier molecular flexibility index (Phi) is 9.23. The fourth-order valence-corrected chi connectivity index (χ4v) is 6.30. The zero-order valence-corrected chi connectivity index (χ0v) is 26.4. The second-order valence-electron chi connectivity index (χ2n) is 12.7. The Bertz CT molecular complexity index is 1640. The van der Waals surface area contributed by atoms with Gasteiger partial charge >= 0.3 is 0 Å². The second-order valence-corrected chi connectivity index (χ2v) is 13.2. The summed E-state index contributed by atoms with van der Waals surface area (Å²) in [6.07, 6.45) is 2.30. The average Bonchev–Trinajstić information content (AvgIpc) is 3.67. The van der Waals surface area contributed by atoms with Crippen LogP contribution in [0.4, 0.5) is 13.2 Å². The number of amides is 1. The molecule has 234 valence electrons. The molecule has 1 aliphatic heterocycles. The van der Waals surface area contributed by atoms with Crippen molar-refractivity contribution in [1.82, 2.24) is 29.5 Å². The van der Waals surface area contributed by atoms with Crippen LogP contribution in [0.15, 0.2) is 54.7 Å². The highest BCUT2D eigenvalue weighted by Gasteiger charge is 2.41. The SMILES string of the molecule is Cc1cc(C(=O)N(C[C@@H]2CN[C@H](CF)C2)[C@@H](c2nc(-c3cc(Cl)ccc3F)cn2Cc2cccc(F)c2)C(C)(C)C)n(C)n1. The molecule has 1 saturated heterocycles. The lowest BCUT2D eigenvalue weighted by atomic mass is 9.84. The highest BCUT2D eigenvalue weighted by molar-refractivity contribution is 6.30. The number of alkyl halides is 1. The minimum atomic E-state index is -0.612. The molecule has 4 aromatic rings. The molecule has 0 aliphatic carbocycles. The number of benzene rings is 2. The summed E-state index contributed by atoms with van der Waals surface area (Å²) in [6, 6.07) is 11.4. The fourth-order valence-electron chi connectivity index (χ4n) is 6.13. The van der Waals surface area contributed by atoms with E-state index in [4.69, 9.17) is 16.6 Å². The zero-order chi connectivity index (χ0) is 31.8. The molecule has 7 nitrogen and oxygen atoms in total. The van der Waals surface area contributed by atoms with Crippen LogP contribution in [-0.2, 0) is 13.6 Å². The number of halogens is 4. The number of hydrogen-bond acceptors (Lipinski definition) is 4. The first kappa shape index (κ1) is 31.8. The molecule has 3 heterocycles. The molecule has 0 saturated carbocycles. The van der Waals surface area contributed by atoms with Crippen LogP contribution in [0.2, 0.25) is 5.02 Å². The van der Waals surface area contributed by atoms with E-state index in [1.54, 1.807) is 41.0 Å². The summed E-state index contributed by atoms with van der Waals surface area (Å²) in [6.45, 7) is 8.53. The Balaban J connectivity index is 1.68. The van der Waals surface area contributed by atoms with Crippen LogP contribution in [0, 0.1) is 29.9 Å². The van der Waals surface area contributed by atoms with E-state index in [0.717, 1.165) is 0 Å². The third-order valence-electron chi connectivity index (χ3n) is 8.07. The lowest BCUT2D eigenvalue weighted by Crippen LogP contribution is -2.45. The van der Waals surface area contributed by atoms with Crippen molar-refractivity contribution in [3.05, 3.63) is 94.2 Å². The summed E-state index contributed by atoms with van der Waals surface area (Å²) < 4.78 is 46.4. The van der Waals surface area contributed by atoms with Gasteiger partial charge in [-0.1, -0.05) is 44.5 Å². The van der Waals surface area contributed by atoms with Crippen molar-refractivity contribution >= 4 is 17.5 Å². The van der Waals surface area contributed by atoms with Gasteiger partial charge in [0.2, 0.25) is 0 Å². The van der Waals surface area contributed by atoms with Gasteiger partial charge in [-0.3, -0.25) is 9.48 Å². The van der Waals surface area contributed by atoms with Gasteiger partial charge in [-0.2, -0.15) is 5.10 Å². The minimum Gasteiger partial charge on any atom is -0.328 e. The molecule has 0 unspecified atom stereocenters. The topological polar surface area (TPSA) is 68.0 Å². The molecule has 44 heavy (non-hydrogen) atoms. The van der Waals surface area contributed by atoms with Crippen molar-refractivity contribution in [2.45, 2.75) is 52.7 Å². The molecule has 0 radical (unpaired) electrons. The van der Waals surface area contributed by atoms with Crippen LogP contribution in [-0.4, -0.2) is 55.9 Å². The number of nitrogens with one attached hydrogen (secondary N) is 1. The Labute approximate surface area is 261 Å². The van der Waals surface area contributed by atoms with Crippen LogP contribution in [0.25, 0.3) is 11.3 Å². The zero-order valence-electron chi connectivity index (χ0n) is 25.6. The van der Waals surface area contributed by atoms with E-state index < -0.39 is 23.9 Å². The van der Waals surface area contributed by atoms with Gasteiger partial charge in [-0.05, 0) is 66.6 Å². The largest absolute Gasteiger partial charge is 0.328 e. The van der Waals surface area contributed by atoms with Crippen molar-refractivity contribution in [1.29, 1.82) is 0 Å². The van der Waals surface area contributed by atoms with Crippen molar-refractivity contribution in [3.8, 4) is 11.3 Å². The monoisotopic (exact) mass is 626 g/mol. The van der Waals surface area contributed by atoms with Crippen LogP contribution >= 0.6 is 11.6 Å². The molecule has 2 aromatic heterocycles. The molecule has 1 fully saturated rings. The van der Waals surface area contributed by atoms with Crippen molar-refractivity contribution in [2.24, 2.45) is 18.4 Å². The Hall–Kier alpha value is -3.63. The molecule has 0 bridgehead atoms. The van der Waals surface area contributed by atoms with E-state index in [1.807, 2.05) is 32.3 Å². The quantitative estimate of drug-likeness (QED) is 0.223. The molecule has 2 aromatic carbocycles. The van der Waals surface area contributed by atoms with E-state index in [-0.39, 0.29) is 35.8 Å². The summed E-state index contributed by atoms with van der Waals surface area (Å²) in [7, 11) is 1.73. The Morgan fingerprint density at radius 2 is 1.95 bits per heavy atom. The summed E-state index contributed by atoms with van der Waals surface area (Å²) in [5.41, 5.74) is 1.79. The van der Waals surface area contributed by atoms with Crippen molar-refractivity contribution in [3.63, 3.8) is 0 Å². The predicted molar refractivity (Wildman–Crippen MR) is 165 cm³/mol. The van der Waals surface area contributed by atoms with E-state index in [9.17, 15) is 13.6 Å². The van der Waals surface area contributed by atoms with E-state index in [0.29, 0.717) is 53.0 Å². The lowest BCUT2D eigenvalue weighted by molar-refractivity contribution is 0.0425.